The van der Waals surface area contributed by atoms with Crippen LogP contribution in [0.2, 0.25) is 0 Å². The molecule has 8 nitrogen and oxygen atoms in total. The van der Waals surface area contributed by atoms with Crippen LogP contribution in [0.25, 0.3) is 11.0 Å². The number of ether oxygens (including phenoxy) is 2. The highest BCUT2D eigenvalue weighted by Crippen LogP contribution is 2.42. The number of hydrogen-bond acceptors (Lipinski definition) is 6. The van der Waals surface area contributed by atoms with Gasteiger partial charge in [0.2, 0.25) is 0 Å². The summed E-state index contributed by atoms with van der Waals surface area (Å²) in [5, 5.41) is 3.52. The average Bonchev–Trinajstić information content (AvgIpc) is 3.18. The lowest BCUT2D eigenvalue weighted by atomic mass is 9.92. The Morgan fingerprint density at radius 2 is 2.20 bits per heavy atom. The number of hydrogen-bond donors (Lipinski definition) is 2. The number of nitrogens with zero attached hydrogens (tertiary/aromatic N) is 1. The van der Waals surface area contributed by atoms with Crippen molar-refractivity contribution in [1.29, 1.82) is 0 Å². The molecular weight excluding hydrogens is 386 g/mol. The summed E-state index contributed by atoms with van der Waals surface area (Å²) in [5.74, 6) is 0.852. The van der Waals surface area contributed by atoms with Crippen LogP contribution < -0.4 is 20.4 Å². The Balaban J connectivity index is 1.55. The molecule has 2 aromatic heterocycles. The molecule has 3 aromatic rings. The summed E-state index contributed by atoms with van der Waals surface area (Å²) in [5.41, 5.74) is 2.28. The van der Waals surface area contributed by atoms with E-state index < -0.39 is 5.63 Å². The molecule has 0 saturated carbocycles. The Labute approximate surface area is 173 Å². The predicted octanol–water partition coefficient (Wildman–Crippen LogP) is 2.67. The molecule has 2 N–H and O–H groups in total. The Kier molecular flexibility index (Phi) is 5.24. The van der Waals surface area contributed by atoms with Gasteiger partial charge in [-0.2, -0.15) is 0 Å². The van der Waals surface area contributed by atoms with Gasteiger partial charge >= 0.3 is 5.63 Å². The van der Waals surface area contributed by atoms with E-state index in [9.17, 15) is 9.59 Å². The van der Waals surface area contributed by atoms with Crippen molar-refractivity contribution < 1.29 is 18.7 Å². The molecule has 30 heavy (non-hydrogen) atoms. The van der Waals surface area contributed by atoms with Crippen LogP contribution in [-0.4, -0.2) is 34.6 Å². The van der Waals surface area contributed by atoms with Gasteiger partial charge in [-0.05, 0) is 39.2 Å². The smallest absolute Gasteiger partial charge is 0.336 e. The van der Waals surface area contributed by atoms with E-state index in [-0.39, 0.29) is 18.1 Å². The van der Waals surface area contributed by atoms with Crippen LogP contribution in [-0.2, 0) is 17.6 Å². The number of aryl methyl sites for hydroxylation is 2. The highest BCUT2D eigenvalue weighted by atomic mass is 16.5. The van der Waals surface area contributed by atoms with Crippen molar-refractivity contribution in [3.63, 3.8) is 0 Å². The quantitative estimate of drug-likeness (QED) is 0.604. The summed E-state index contributed by atoms with van der Waals surface area (Å²) >= 11 is 0. The van der Waals surface area contributed by atoms with Gasteiger partial charge in [-0.3, -0.25) is 4.79 Å². The van der Waals surface area contributed by atoms with E-state index in [1.54, 1.807) is 18.6 Å². The maximum Gasteiger partial charge on any atom is 0.336 e. The minimum atomic E-state index is -0.416. The van der Waals surface area contributed by atoms with Gasteiger partial charge in [0.05, 0.1) is 11.7 Å². The van der Waals surface area contributed by atoms with Gasteiger partial charge in [0.25, 0.3) is 5.91 Å². The predicted molar refractivity (Wildman–Crippen MR) is 111 cm³/mol. The number of aromatic amines is 1. The molecule has 1 amide bonds. The Bertz CT molecular complexity index is 1130. The van der Waals surface area contributed by atoms with Gasteiger partial charge in [0.1, 0.15) is 22.7 Å². The zero-order chi connectivity index (χ0) is 21.3. The van der Waals surface area contributed by atoms with Gasteiger partial charge in [-0.15, -0.1) is 0 Å². The SMILES string of the molecule is Cc1cc(=O)oc2c3c(cc(OCC(=O)NCCc4cnc[nH]4)c12)OC(C)(C)CC3. The van der Waals surface area contributed by atoms with Gasteiger partial charge in [0.15, 0.2) is 6.61 Å². The highest BCUT2D eigenvalue weighted by molar-refractivity contribution is 5.91. The van der Waals surface area contributed by atoms with Crippen LogP contribution in [0.1, 0.15) is 37.1 Å². The number of imidazole rings is 1. The van der Waals surface area contributed by atoms with Gasteiger partial charge < -0.3 is 24.2 Å². The van der Waals surface area contributed by atoms with Crippen molar-refractivity contribution in [2.24, 2.45) is 0 Å². The highest BCUT2D eigenvalue weighted by Gasteiger charge is 2.30. The van der Waals surface area contributed by atoms with Gasteiger partial charge in [-0.25, -0.2) is 9.78 Å². The van der Waals surface area contributed by atoms with E-state index in [0.717, 1.165) is 29.7 Å². The van der Waals surface area contributed by atoms with Gasteiger partial charge in [-0.1, -0.05) is 0 Å². The van der Waals surface area contributed by atoms with Crippen LogP contribution in [0.15, 0.2) is 33.9 Å². The van der Waals surface area contributed by atoms with Crippen LogP contribution >= 0.6 is 0 Å². The number of aromatic nitrogens is 2. The summed E-state index contributed by atoms with van der Waals surface area (Å²) in [7, 11) is 0. The van der Waals surface area contributed by atoms with Crippen molar-refractivity contribution >= 4 is 16.9 Å². The van der Waals surface area contributed by atoms with Gasteiger partial charge in [0, 0.05) is 42.6 Å². The number of H-pyrrole nitrogens is 1. The molecule has 0 spiro atoms. The molecule has 3 heterocycles. The summed E-state index contributed by atoms with van der Waals surface area (Å²) in [4.78, 5) is 31.2. The monoisotopic (exact) mass is 411 g/mol. The topological polar surface area (TPSA) is 106 Å². The zero-order valence-corrected chi connectivity index (χ0v) is 17.3. The number of amides is 1. The number of carbonyl (C=O) groups excluding carboxylic acids is 1. The molecule has 0 fully saturated rings. The fourth-order valence-electron chi connectivity index (χ4n) is 3.69. The fraction of sp³-hybridized carbons (Fsp3) is 0.409. The van der Waals surface area contributed by atoms with E-state index in [1.807, 2.05) is 20.8 Å². The largest absolute Gasteiger partial charge is 0.487 e. The number of carbonyl (C=O) groups is 1. The third-order valence-corrected chi connectivity index (χ3v) is 5.23. The zero-order valence-electron chi connectivity index (χ0n) is 17.3. The summed E-state index contributed by atoms with van der Waals surface area (Å²) < 4.78 is 17.5. The van der Waals surface area contributed by atoms with E-state index in [1.165, 1.54) is 6.07 Å². The first-order chi connectivity index (χ1) is 14.3. The van der Waals surface area contributed by atoms with Crippen LogP contribution in [0.4, 0.5) is 0 Å². The number of rotatable bonds is 6. The fourth-order valence-corrected chi connectivity index (χ4v) is 3.69. The lowest BCUT2D eigenvalue weighted by Crippen LogP contribution is -2.33. The van der Waals surface area contributed by atoms with E-state index in [0.29, 0.717) is 35.4 Å². The molecule has 0 saturated heterocycles. The Morgan fingerprint density at radius 1 is 1.37 bits per heavy atom. The molecule has 0 radical (unpaired) electrons. The van der Waals surface area contributed by atoms with Crippen molar-refractivity contribution in [3.05, 3.63) is 51.9 Å². The second-order valence-electron chi connectivity index (χ2n) is 8.13. The van der Waals surface area contributed by atoms with E-state index in [4.69, 9.17) is 13.9 Å². The maximum absolute atomic E-state index is 12.2. The molecule has 0 aliphatic carbocycles. The molecule has 0 bridgehead atoms. The third kappa shape index (κ3) is 4.17. The molecule has 0 unspecified atom stereocenters. The first-order valence-electron chi connectivity index (χ1n) is 9.98. The summed E-state index contributed by atoms with van der Waals surface area (Å²) in [6.07, 6.45) is 5.53. The standard InChI is InChI=1S/C22H25N3O5/c1-13-8-19(27)29-21-15-4-6-22(2,3)30-16(15)9-17(20(13)21)28-11-18(26)24-7-5-14-10-23-12-25-14/h8-10,12H,4-7,11H2,1-3H3,(H,23,25)(H,24,26). The number of fused-ring (bicyclic) bond motifs is 3. The lowest BCUT2D eigenvalue weighted by molar-refractivity contribution is -0.123. The minimum Gasteiger partial charge on any atom is -0.487 e. The minimum absolute atomic E-state index is 0.154. The number of benzene rings is 1. The van der Waals surface area contributed by atoms with E-state index in [2.05, 4.69) is 15.3 Å². The van der Waals surface area contributed by atoms with E-state index >= 15 is 0 Å². The summed E-state index contributed by atoms with van der Waals surface area (Å²) in [6, 6.07) is 3.23. The Morgan fingerprint density at radius 3 is 2.97 bits per heavy atom. The van der Waals surface area contributed by atoms with Crippen LogP contribution in [0.5, 0.6) is 11.5 Å². The Hall–Kier alpha value is -3.29. The third-order valence-electron chi connectivity index (χ3n) is 5.23. The molecule has 158 valence electrons. The molecule has 1 aliphatic rings. The second-order valence-corrected chi connectivity index (χ2v) is 8.13. The second kappa shape index (κ2) is 7.85. The molecule has 1 aliphatic heterocycles. The summed E-state index contributed by atoms with van der Waals surface area (Å²) in [6.45, 7) is 6.18. The molecule has 1 aromatic carbocycles. The molecular formula is C22H25N3O5. The van der Waals surface area contributed by atoms with Crippen LogP contribution in [0.3, 0.4) is 0 Å². The lowest BCUT2D eigenvalue weighted by Gasteiger charge is -2.33. The first-order valence-corrected chi connectivity index (χ1v) is 9.98. The molecule has 0 atom stereocenters. The average molecular weight is 411 g/mol. The van der Waals surface area contributed by atoms with Crippen LogP contribution in [0, 0.1) is 6.92 Å². The maximum atomic E-state index is 12.2. The molecule has 8 heteroatoms. The first kappa shape index (κ1) is 20.0. The number of nitrogens with one attached hydrogen (secondary N) is 2. The van der Waals surface area contributed by atoms with Crippen molar-refractivity contribution in [3.8, 4) is 11.5 Å². The van der Waals surface area contributed by atoms with Crippen molar-refractivity contribution in [2.75, 3.05) is 13.2 Å². The molecule has 4 rings (SSSR count). The van der Waals surface area contributed by atoms with Crippen molar-refractivity contribution in [2.45, 2.75) is 45.6 Å². The normalized spacial score (nSPS) is 14.8. The van der Waals surface area contributed by atoms with Crippen molar-refractivity contribution in [1.82, 2.24) is 15.3 Å².